The molecule has 0 aliphatic carbocycles. The van der Waals surface area contributed by atoms with Gasteiger partial charge in [-0.25, -0.2) is 19.9 Å². The van der Waals surface area contributed by atoms with Crippen molar-refractivity contribution in [3.05, 3.63) is 246 Å². The van der Waals surface area contributed by atoms with Gasteiger partial charge in [0, 0.05) is 44.2 Å². The lowest BCUT2D eigenvalue weighted by atomic mass is 9.95. The van der Waals surface area contributed by atoms with Gasteiger partial charge in [0.2, 0.25) is 0 Å². The van der Waals surface area contributed by atoms with E-state index in [1.165, 1.54) is 16.7 Å². The highest BCUT2D eigenvalue weighted by Gasteiger charge is 2.41. The van der Waals surface area contributed by atoms with Crippen molar-refractivity contribution in [1.82, 2.24) is 24.5 Å². The van der Waals surface area contributed by atoms with Crippen molar-refractivity contribution in [3.8, 4) is 95.7 Å². The molecule has 5 nitrogen and oxygen atoms in total. The second kappa shape index (κ2) is 21.4. The van der Waals surface area contributed by atoms with E-state index in [9.17, 15) is 26.3 Å². The molecule has 3 aromatic heterocycles. The number of hydrogen-bond donors (Lipinski definition) is 0. The van der Waals surface area contributed by atoms with Gasteiger partial charge in [0.05, 0.1) is 67.3 Å². The molecule has 87 heavy (non-hydrogen) atoms. The molecule has 0 N–H and O–H groups in total. The van der Waals surface area contributed by atoms with E-state index in [4.69, 9.17) is 19.9 Å². The Bertz CT molecular complexity index is 4200. The second-order valence-corrected chi connectivity index (χ2v) is 20.1. The van der Waals surface area contributed by atoms with Crippen LogP contribution in [-0.2, 0) is 30.9 Å². The maximum Gasteiger partial charge on any atom is 0.417 e. The lowest BCUT2D eigenvalue weighted by Crippen LogP contribution is -2.12. The van der Waals surface area contributed by atoms with Gasteiger partial charge in [-0.1, -0.05) is 158 Å². The highest BCUT2D eigenvalue weighted by molar-refractivity contribution is 6.12. The van der Waals surface area contributed by atoms with E-state index < -0.39 is 92.6 Å². The van der Waals surface area contributed by atoms with Crippen LogP contribution >= 0.6 is 0 Å². The van der Waals surface area contributed by atoms with Crippen LogP contribution in [0, 0.1) is 0 Å². The van der Waals surface area contributed by atoms with Crippen LogP contribution in [0.3, 0.4) is 0 Å². The van der Waals surface area contributed by atoms with Gasteiger partial charge in [0.15, 0.2) is 11.6 Å². The van der Waals surface area contributed by atoms with Gasteiger partial charge in [0.25, 0.3) is 0 Å². The summed E-state index contributed by atoms with van der Waals surface area (Å²) in [6.07, 6.45) is -26.5. The van der Waals surface area contributed by atoms with Crippen LogP contribution in [0.1, 0.15) is 27.8 Å². The van der Waals surface area contributed by atoms with Crippen LogP contribution in [0.15, 0.2) is 218 Å². The third-order valence-corrected chi connectivity index (χ3v) is 14.6. The van der Waals surface area contributed by atoms with E-state index in [2.05, 4.69) is 0 Å². The molecular formula is C67H36F15N5. The van der Waals surface area contributed by atoms with Gasteiger partial charge in [-0.3, -0.25) is 0 Å². The number of benzene rings is 9. The molecule has 0 radical (unpaired) electrons. The minimum atomic E-state index is -5.42. The summed E-state index contributed by atoms with van der Waals surface area (Å²) >= 11 is 0. The molecule has 20 heteroatoms. The average molecular weight is 1200 g/mol. The topological polar surface area (TPSA) is 56.5 Å². The number of alkyl halides is 15. The summed E-state index contributed by atoms with van der Waals surface area (Å²) < 4.78 is 225. The zero-order valence-electron chi connectivity index (χ0n) is 44.2. The Kier molecular flexibility index (Phi) is 14.1. The largest absolute Gasteiger partial charge is 0.417 e. The summed E-state index contributed by atoms with van der Waals surface area (Å²) in [7, 11) is 0. The summed E-state index contributed by atoms with van der Waals surface area (Å²) in [5, 5.41) is 0.155. The number of rotatable bonds is 9. The maximum atomic E-state index is 16.1. The highest BCUT2D eigenvalue weighted by Crippen LogP contribution is 2.49. The van der Waals surface area contributed by atoms with Crippen molar-refractivity contribution < 1.29 is 65.9 Å². The Morgan fingerprint density at radius 1 is 0.253 bits per heavy atom. The standard InChI is InChI=1S/C67H36F15N5/c68-63(69,70)43-23-27-46(52(33-43)66(77,78)79)41-21-25-48-49-26-22-42(47-28-24-44(64(71,72)73)34-53(47)67(80,81)82)30-59(49)87(58(48)29-41)60-50(61-83-54(37-13-5-1-6-14-37)35-55(84-61)38-15-7-2-8-16-38)31-45(65(74,75)76)32-51(60)62-85-56(39-17-9-3-10-18-39)36-57(86-62)40-19-11-4-12-20-40/h1-36H. The Morgan fingerprint density at radius 2 is 0.563 bits per heavy atom. The van der Waals surface area contributed by atoms with Crippen LogP contribution in [0.4, 0.5) is 65.9 Å². The molecule has 0 aliphatic heterocycles. The minimum Gasteiger partial charge on any atom is -0.308 e. The molecule has 12 rings (SSSR count). The zero-order valence-corrected chi connectivity index (χ0v) is 44.2. The van der Waals surface area contributed by atoms with Crippen molar-refractivity contribution in [2.45, 2.75) is 30.9 Å². The number of aromatic nitrogens is 5. The van der Waals surface area contributed by atoms with Crippen molar-refractivity contribution >= 4 is 21.8 Å². The minimum absolute atomic E-state index is 0.0709. The third kappa shape index (κ3) is 11.3. The highest BCUT2D eigenvalue weighted by atomic mass is 19.4. The molecular weight excluding hydrogens is 1160 g/mol. The fraction of sp³-hybridized carbons (Fsp3) is 0.0746. The zero-order chi connectivity index (χ0) is 61.4. The van der Waals surface area contributed by atoms with Crippen molar-refractivity contribution in [2.75, 3.05) is 0 Å². The third-order valence-electron chi connectivity index (χ3n) is 14.6. The molecule has 12 aromatic rings. The van der Waals surface area contributed by atoms with Gasteiger partial charge < -0.3 is 4.57 Å². The first-order chi connectivity index (χ1) is 41.3. The van der Waals surface area contributed by atoms with E-state index >= 15 is 39.5 Å². The lowest BCUT2D eigenvalue weighted by molar-refractivity contribution is -0.144. The first-order valence-corrected chi connectivity index (χ1v) is 26.2. The molecule has 9 aromatic carbocycles. The number of fused-ring (bicyclic) bond motifs is 3. The van der Waals surface area contributed by atoms with Crippen molar-refractivity contribution in [1.29, 1.82) is 0 Å². The van der Waals surface area contributed by atoms with E-state index in [0.717, 1.165) is 36.4 Å². The quantitative estimate of drug-likeness (QED) is 0.135. The van der Waals surface area contributed by atoms with Crippen molar-refractivity contribution in [3.63, 3.8) is 0 Å². The van der Waals surface area contributed by atoms with E-state index in [1.807, 2.05) is 0 Å². The Morgan fingerprint density at radius 3 is 0.851 bits per heavy atom. The van der Waals surface area contributed by atoms with Crippen molar-refractivity contribution in [2.24, 2.45) is 0 Å². The monoisotopic (exact) mass is 1200 g/mol. The smallest absolute Gasteiger partial charge is 0.308 e. The van der Waals surface area contributed by atoms with Gasteiger partial charge in [0.1, 0.15) is 0 Å². The molecule has 3 heterocycles. The molecule has 0 unspecified atom stereocenters. The first kappa shape index (κ1) is 57.3. The Labute approximate surface area is 483 Å². The van der Waals surface area contributed by atoms with E-state index in [0.29, 0.717) is 46.5 Å². The fourth-order valence-corrected chi connectivity index (χ4v) is 10.6. The Balaban J connectivity index is 1.29. The van der Waals surface area contributed by atoms with Crippen LogP contribution in [-0.4, -0.2) is 24.5 Å². The maximum absolute atomic E-state index is 16.1. The molecule has 0 bridgehead atoms. The molecule has 0 saturated carbocycles. The fourth-order valence-electron chi connectivity index (χ4n) is 10.6. The summed E-state index contributed by atoms with van der Waals surface area (Å²) in [4.78, 5) is 19.7. The second-order valence-electron chi connectivity index (χ2n) is 20.1. The molecule has 0 spiro atoms. The Hall–Kier alpha value is -10.1. The summed E-state index contributed by atoms with van der Waals surface area (Å²) in [6.45, 7) is 0. The number of halogens is 15. The van der Waals surface area contributed by atoms with Crippen LogP contribution in [0.5, 0.6) is 0 Å². The molecule has 434 valence electrons. The summed E-state index contributed by atoms with van der Waals surface area (Å²) in [6, 6.07) is 47.4. The number of nitrogens with zero attached hydrogens (tertiary/aromatic N) is 5. The predicted molar refractivity (Wildman–Crippen MR) is 300 cm³/mol. The van der Waals surface area contributed by atoms with Crippen LogP contribution in [0.2, 0.25) is 0 Å². The predicted octanol–water partition coefficient (Wildman–Crippen LogP) is 20.8. The van der Waals surface area contributed by atoms with Crippen LogP contribution < -0.4 is 0 Å². The van der Waals surface area contributed by atoms with E-state index in [-0.39, 0.29) is 73.5 Å². The number of hydrogen-bond acceptors (Lipinski definition) is 4. The average Bonchev–Trinajstić information content (AvgIpc) is 2.63. The molecule has 0 saturated heterocycles. The van der Waals surface area contributed by atoms with Gasteiger partial charge in [-0.15, -0.1) is 0 Å². The lowest BCUT2D eigenvalue weighted by Gasteiger charge is -2.22. The molecule has 0 fully saturated rings. The first-order valence-electron chi connectivity index (χ1n) is 26.2. The van der Waals surface area contributed by atoms with Gasteiger partial charge in [-0.05, 0) is 82.9 Å². The SMILES string of the molecule is FC(F)(F)c1cc(-c2nc(-c3ccccc3)cc(-c3ccccc3)n2)c(-n2c3cc(-c4ccc(C(F)(F)F)cc4C(F)(F)F)ccc3c3ccc(-c4ccc(C(F)(F)F)cc4C(F)(F)F)cc32)c(-c2nc(-c3ccccc3)cc(-c3ccccc3)n2)c1. The van der Waals surface area contributed by atoms with E-state index in [1.54, 1.807) is 133 Å². The normalized spacial score (nSPS) is 12.5. The van der Waals surface area contributed by atoms with Gasteiger partial charge in [-0.2, -0.15) is 65.9 Å². The molecule has 0 amide bonds. The van der Waals surface area contributed by atoms with Crippen LogP contribution in [0.25, 0.3) is 118 Å². The molecule has 0 aliphatic rings. The summed E-state index contributed by atoms with van der Waals surface area (Å²) in [5.41, 5.74) is -9.50. The molecule has 0 atom stereocenters. The summed E-state index contributed by atoms with van der Waals surface area (Å²) in [5.74, 6) is -0.821. The van der Waals surface area contributed by atoms with Gasteiger partial charge >= 0.3 is 30.9 Å².